The van der Waals surface area contributed by atoms with Crippen LogP contribution in [0, 0.1) is 18.3 Å². The van der Waals surface area contributed by atoms with Gasteiger partial charge in [0, 0.05) is 20.7 Å². The summed E-state index contributed by atoms with van der Waals surface area (Å²) >= 11 is 3.15. The molecule has 0 spiro atoms. The monoisotopic (exact) mass is 330 g/mol. The smallest absolute Gasteiger partial charge is 0.188 e. The molecule has 114 valence electrons. The van der Waals surface area contributed by atoms with E-state index in [-0.39, 0.29) is 5.78 Å². The quantitative estimate of drug-likeness (QED) is 0.779. The van der Waals surface area contributed by atoms with E-state index in [0.717, 1.165) is 41.8 Å². The van der Waals surface area contributed by atoms with Gasteiger partial charge in [0.25, 0.3) is 0 Å². The van der Waals surface area contributed by atoms with Crippen LogP contribution in [0.15, 0.2) is 5.38 Å². The molecule has 3 rings (SSSR count). The molecule has 1 atom stereocenters. The lowest BCUT2D eigenvalue weighted by molar-refractivity contribution is 0.0978. The van der Waals surface area contributed by atoms with Gasteiger partial charge in [-0.25, -0.2) is 4.98 Å². The Morgan fingerprint density at radius 1 is 1.45 bits per heavy atom. The molecule has 0 aromatic carbocycles. The number of carbonyl (C=O) groups excluding carboxylic acids is 1. The Morgan fingerprint density at radius 2 is 2.23 bits per heavy atom. The number of rotatable bonds is 4. The predicted molar refractivity (Wildman–Crippen MR) is 89.9 cm³/mol. The number of fused-ring (bicyclic) bond motifs is 1. The van der Waals surface area contributed by atoms with E-state index in [1.54, 1.807) is 11.3 Å². The molecule has 0 N–H and O–H groups in total. The van der Waals surface area contributed by atoms with Gasteiger partial charge in [0.2, 0.25) is 0 Å². The van der Waals surface area contributed by atoms with Crippen LogP contribution in [0.1, 0.15) is 62.1 Å². The van der Waals surface area contributed by atoms with Crippen molar-refractivity contribution in [1.29, 1.82) is 5.26 Å². The van der Waals surface area contributed by atoms with E-state index >= 15 is 0 Å². The molecule has 0 fully saturated rings. The maximum Gasteiger partial charge on any atom is 0.188 e. The number of aromatic nitrogens is 1. The summed E-state index contributed by atoms with van der Waals surface area (Å²) in [6.07, 6.45) is 5.21. The minimum atomic E-state index is -0.760. The number of thiophene rings is 1. The number of ketones is 1. The lowest BCUT2D eigenvalue weighted by Gasteiger charge is -2.13. The molecule has 1 aliphatic carbocycles. The summed E-state index contributed by atoms with van der Waals surface area (Å²) in [7, 11) is 0. The van der Waals surface area contributed by atoms with Crippen molar-refractivity contribution >= 4 is 28.5 Å². The second kappa shape index (κ2) is 6.31. The Bertz CT molecular complexity index is 751. The SMILES string of the molecule is CCc1nc(C(C#N)C(=O)c2csc3c2CCCC3)sc1C. The zero-order valence-electron chi connectivity index (χ0n) is 12.8. The van der Waals surface area contributed by atoms with Crippen LogP contribution >= 0.6 is 22.7 Å². The van der Waals surface area contributed by atoms with Gasteiger partial charge in [0.05, 0.1) is 11.8 Å². The van der Waals surface area contributed by atoms with Crippen LogP contribution in [0.4, 0.5) is 0 Å². The lowest BCUT2D eigenvalue weighted by Crippen LogP contribution is -2.13. The molecule has 1 unspecified atom stereocenters. The number of hydrogen-bond donors (Lipinski definition) is 0. The molecule has 5 heteroatoms. The second-order valence-corrected chi connectivity index (χ2v) is 7.79. The van der Waals surface area contributed by atoms with Crippen LogP contribution in [0.5, 0.6) is 0 Å². The number of aryl methyl sites for hydroxylation is 3. The highest BCUT2D eigenvalue weighted by Crippen LogP contribution is 2.34. The first-order valence-electron chi connectivity index (χ1n) is 7.65. The molecule has 0 saturated heterocycles. The molecule has 2 aromatic heterocycles. The summed E-state index contributed by atoms with van der Waals surface area (Å²) < 4.78 is 0. The van der Waals surface area contributed by atoms with Crippen molar-refractivity contribution in [3.8, 4) is 6.07 Å². The Labute approximate surface area is 138 Å². The minimum absolute atomic E-state index is 0.0710. The van der Waals surface area contributed by atoms with Gasteiger partial charge in [-0.3, -0.25) is 4.79 Å². The number of nitrogens with zero attached hydrogens (tertiary/aromatic N) is 2. The Balaban J connectivity index is 1.95. The van der Waals surface area contributed by atoms with Gasteiger partial charge in [0.15, 0.2) is 11.7 Å². The van der Waals surface area contributed by atoms with Crippen molar-refractivity contribution in [1.82, 2.24) is 4.98 Å². The summed E-state index contributed by atoms with van der Waals surface area (Å²) in [4.78, 5) is 19.8. The van der Waals surface area contributed by atoms with Gasteiger partial charge in [-0.15, -0.1) is 22.7 Å². The molecular formula is C17H18N2OS2. The van der Waals surface area contributed by atoms with Gasteiger partial charge in [-0.05, 0) is 44.6 Å². The van der Waals surface area contributed by atoms with Gasteiger partial charge in [0.1, 0.15) is 5.01 Å². The summed E-state index contributed by atoms with van der Waals surface area (Å²) in [5.74, 6) is -0.831. The standard InChI is InChI=1S/C17H18N2OS2/c1-3-14-10(2)22-17(19-14)12(8-18)16(20)13-9-21-15-7-5-4-6-11(13)15/h9,12H,3-7H2,1-2H3. The van der Waals surface area contributed by atoms with Crippen LogP contribution in [-0.2, 0) is 19.3 Å². The first-order valence-corrected chi connectivity index (χ1v) is 9.34. The van der Waals surface area contributed by atoms with E-state index in [1.165, 1.54) is 28.2 Å². The van der Waals surface area contributed by atoms with Crippen molar-refractivity contribution in [2.75, 3.05) is 0 Å². The normalized spacial score (nSPS) is 15.1. The maximum atomic E-state index is 12.9. The Morgan fingerprint density at radius 3 is 2.91 bits per heavy atom. The van der Waals surface area contributed by atoms with Gasteiger partial charge in [-0.2, -0.15) is 5.26 Å². The van der Waals surface area contributed by atoms with Crippen molar-refractivity contribution in [3.05, 3.63) is 37.0 Å². The van der Waals surface area contributed by atoms with E-state index in [4.69, 9.17) is 0 Å². The van der Waals surface area contributed by atoms with Gasteiger partial charge in [-0.1, -0.05) is 6.92 Å². The predicted octanol–water partition coefficient (Wildman–Crippen LogP) is 4.44. The molecule has 2 heterocycles. The van der Waals surface area contributed by atoms with Crippen molar-refractivity contribution in [3.63, 3.8) is 0 Å². The zero-order valence-corrected chi connectivity index (χ0v) is 14.4. The van der Waals surface area contributed by atoms with E-state index in [2.05, 4.69) is 11.1 Å². The number of carbonyl (C=O) groups is 1. The fraction of sp³-hybridized carbons (Fsp3) is 0.471. The molecule has 0 bridgehead atoms. The number of thiazole rings is 1. The highest BCUT2D eigenvalue weighted by atomic mass is 32.1. The third-order valence-electron chi connectivity index (χ3n) is 4.21. The summed E-state index contributed by atoms with van der Waals surface area (Å²) in [5, 5.41) is 12.1. The summed E-state index contributed by atoms with van der Waals surface area (Å²) in [6, 6.07) is 2.18. The van der Waals surface area contributed by atoms with E-state index in [0.29, 0.717) is 5.01 Å². The number of hydrogen-bond acceptors (Lipinski definition) is 5. The highest BCUT2D eigenvalue weighted by Gasteiger charge is 2.29. The second-order valence-electron chi connectivity index (χ2n) is 5.59. The lowest BCUT2D eigenvalue weighted by atomic mass is 9.91. The third-order valence-corrected chi connectivity index (χ3v) is 6.38. The topological polar surface area (TPSA) is 53.8 Å². The average Bonchev–Trinajstić information content (AvgIpc) is 3.11. The summed E-state index contributed by atoms with van der Waals surface area (Å²) in [6.45, 7) is 4.05. The van der Waals surface area contributed by atoms with E-state index in [9.17, 15) is 10.1 Å². The van der Waals surface area contributed by atoms with Crippen LogP contribution in [-0.4, -0.2) is 10.8 Å². The third kappa shape index (κ3) is 2.62. The Hall–Kier alpha value is -1.51. The molecule has 3 nitrogen and oxygen atoms in total. The minimum Gasteiger partial charge on any atom is -0.292 e. The zero-order chi connectivity index (χ0) is 15.7. The molecular weight excluding hydrogens is 312 g/mol. The Kier molecular flexibility index (Phi) is 4.42. The van der Waals surface area contributed by atoms with Crippen LogP contribution in [0.3, 0.4) is 0 Å². The van der Waals surface area contributed by atoms with Gasteiger partial charge >= 0.3 is 0 Å². The molecule has 0 radical (unpaired) electrons. The van der Waals surface area contributed by atoms with E-state index in [1.807, 2.05) is 19.2 Å². The van der Waals surface area contributed by atoms with Crippen LogP contribution in [0.25, 0.3) is 0 Å². The molecule has 0 amide bonds. The molecule has 22 heavy (non-hydrogen) atoms. The van der Waals surface area contributed by atoms with Crippen molar-refractivity contribution in [2.24, 2.45) is 0 Å². The van der Waals surface area contributed by atoms with Crippen LogP contribution < -0.4 is 0 Å². The van der Waals surface area contributed by atoms with Crippen molar-refractivity contribution in [2.45, 2.75) is 51.9 Å². The highest BCUT2D eigenvalue weighted by molar-refractivity contribution is 7.12. The molecule has 0 saturated carbocycles. The van der Waals surface area contributed by atoms with E-state index < -0.39 is 5.92 Å². The molecule has 2 aromatic rings. The van der Waals surface area contributed by atoms with Crippen LogP contribution in [0.2, 0.25) is 0 Å². The number of Topliss-reactive ketones (excluding diaryl/α,β-unsaturated/α-hetero) is 1. The largest absolute Gasteiger partial charge is 0.292 e. The first kappa shape index (κ1) is 15.4. The number of nitriles is 1. The fourth-order valence-electron chi connectivity index (χ4n) is 2.98. The first-order chi connectivity index (χ1) is 10.7. The summed E-state index contributed by atoms with van der Waals surface area (Å²) in [5.41, 5.74) is 2.95. The van der Waals surface area contributed by atoms with Gasteiger partial charge < -0.3 is 0 Å². The van der Waals surface area contributed by atoms with Crippen molar-refractivity contribution < 1.29 is 4.79 Å². The fourth-order valence-corrected chi connectivity index (χ4v) is 5.17. The maximum absolute atomic E-state index is 12.9. The molecule has 0 aliphatic heterocycles. The average molecular weight is 330 g/mol. The molecule has 1 aliphatic rings.